The second-order valence-electron chi connectivity index (χ2n) is 7.37. The van der Waals surface area contributed by atoms with Crippen LogP contribution in [0.2, 0.25) is 0 Å². The summed E-state index contributed by atoms with van der Waals surface area (Å²) in [7, 11) is 0. The van der Waals surface area contributed by atoms with E-state index in [1.165, 1.54) is 0 Å². The van der Waals surface area contributed by atoms with E-state index in [1.807, 2.05) is 45.0 Å². The van der Waals surface area contributed by atoms with Gasteiger partial charge >= 0.3 is 11.9 Å². The normalized spacial score (nSPS) is 12.9. The summed E-state index contributed by atoms with van der Waals surface area (Å²) in [5, 5.41) is 10.6. The van der Waals surface area contributed by atoms with E-state index in [0.29, 0.717) is 12.8 Å². The van der Waals surface area contributed by atoms with E-state index >= 15 is 0 Å². The van der Waals surface area contributed by atoms with Crippen LogP contribution in [0.15, 0.2) is 30.5 Å². The molecular weight excluding hydrogens is 318 g/mol. The molecule has 1 aromatic heterocycles. The topological polar surface area (TPSA) is 79.4 Å². The molecule has 0 aliphatic carbocycles. The summed E-state index contributed by atoms with van der Waals surface area (Å²) in [6, 6.07) is 7.73. The number of benzene rings is 1. The van der Waals surface area contributed by atoms with Crippen LogP contribution in [0.1, 0.15) is 64.4 Å². The first kappa shape index (κ1) is 19.0. The molecule has 5 heteroatoms. The van der Waals surface area contributed by atoms with Crippen molar-refractivity contribution in [2.75, 3.05) is 0 Å². The molecule has 2 aromatic rings. The van der Waals surface area contributed by atoms with Gasteiger partial charge in [-0.25, -0.2) is 0 Å². The Morgan fingerprint density at radius 2 is 1.88 bits per heavy atom. The Labute approximate surface area is 148 Å². The molecule has 0 bridgehead atoms. The highest BCUT2D eigenvalue weighted by Crippen LogP contribution is 2.29. The number of hydrogen-bond acceptors (Lipinski definition) is 3. The van der Waals surface area contributed by atoms with E-state index in [2.05, 4.69) is 4.98 Å². The Morgan fingerprint density at radius 1 is 1.16 bits per heavy atom. The maximum absolute atomic E-state index is 11.7. The molecule has 136 valence electrons. The number of carbonyl (C=O) groups excluding carboxylic acids is 1. The molecule has 0 aliphatic rings. The maximum atomic E-state index is 11.7. The number of ether oxygens (including phenoxy) is 1. The summed E-state index contributed by atoms with van der Waals surface area (Å²) >= 11 is 0. The molecule has 0 radical (unpaired) electrons. The molecule has 1 heterocycles. The van der Waals surface area contributed by atoms with Gasteiger partial charge in [-0.05, 0) is 45.2 Å². The second-order valence-corrected chi connectivity index (χ2v) is 7.37. The van der Waals surface area contributed by atoms with E-state index in [4.69, 9.17) is 4.74 Å². The van der Waals surface area contributed by atoms with E-state index in [1.54, 1.807) is 6.20 Å². The van der Waals surface area contributed by atoms with Crippen molar-refractivity contribution in [3.63, 3.8) is 0 Å². The second kappa shape index (κ2) is 8.19. The third-order valence-electron chi connectivity index (χ3n) is 4.09. The molecule has 0 fully saturated rings. The number of esters is 1. The zero-order valence-electron chi connectivity index (χ0n) is 15.2. The molecule has 0 saturated carbocycles. The van der Waals surface area contributed by atoms with Gasteiger partial charge in [0.25, 0.3) is 0 Å². The summed E-state index contributed by atoms with van der Waals surface area (Å²) < 4.78 is 5.27. The molecular formula is C20H27NO4. The van der Waals surface area contributed by atoms with Gasteiger partial charge < -0.3 is 14.8 Å². The number of aromatic amines is 1. The Kier molecular flexibility index (Phi) is 6.23. The van der Waals surface area contributed by atoms with E-state index in [0.717, 1.165) is 35.7 Å². The number of carboxylic acids is 1. The van der Waals surface area contributed by atoms with E-state index in [9.17, 15) is 14.7 Å². The number of carboxylic acid groups (broad SMARTS) is 1. The highest BCUT2D eigenvalue weighted by atomic mass is 16.6. The number of fused-ring (bicyclic) bond motifs is 1. The van der Waals surface area contributed by atoms with Crippen molar-refractivity contribution in [1.29, 1.82) is 0 Å². The zero-order chi connectivity index (χ0) is 18.4. The fourth-order valence-electron chi connectivity index (χ4n) is 2.98. The van der Waals surface area contributed by atoms with Crippen LogP contribution < -0.4 is 0 Å². The Bertz CT molecular complexity index is 727. The minimum absolute atomic E-state index is 0.195. The molecule has 2 N–H and O–H groups in total. The summed E-state index contributed by atoms with van der Waals surface area (Å²) in [4.78, 5) is 26.5. The summed E-state index contributed by atoms with van der Waals surface area (Å²) in [6.07, 6.45) is 5.03. The molecule has 25 heavy (non-hydrogen) atoms. The van der Waals surface area contributed by atoms with Gasteiger partial charge in [0, 0.05) is 23.5 Å². The Hall–Kier alpha value is -2.30. The number of nitrogens with one attached hydrogen (secondary N) is 1. The minimum atomic E-state index is -0.808. The van der Waals surface area contributed by atoms with E-state index < -0.39 is 17.5 Å². The van der Waals surface area contributed by atoms with Gasteiger partial charge in [0.1, 0.15) is 5.60 Å². The van der Waals surface area contributed by atoms with Gasteiger partial charge in [-0.15, -0.1) is 0 Å². The molecule has 0 spiro atoms. The quantitative estimate of drug-likeness (QED) is 0.540. The molecule has 1 aromatic carbocycles. The number of carbonyl (C=O) groups is 2. The lowest BCUT2D eigenvalue weighted by atomic mass is 9.93. The van der Waals surface area contributed by atoms with Gasteiger partial charge in [0.05, 0.1) is 5.92 Å². The lowest BCUT2D eigenvalue weighted by Gasteiger charge is -2.19. The smallest absolute Gasteiger partial charge is 0.311 e. The predicted molar refractivity (Wildman–Crippen MR) is 97.6 cm³/mol. The number of para-hydroxylation sites is 1. The average molecular weight is 345 g/mol. The van der Waals surface area contributed by atoms with Crippen LogP contribution >= 0.6 is 0 Å². The first-order valence-electron chi connectivity index (χ1n) is 8.78. The molecule has 1 atom stereocenters. The monoisotopic (exact) mass is 345 g/mol. The molecule has 5 nitrogen and oxygen atoms in total. The number of hydrogen-bond donors (Lipinski definition) is 2. The van der Waals surface area contributed by atoms with Gasteiger partial charge in [0.2, 0.25) is 0 Å². The first-order chi connectivity index (χ1) is 11.8. The van der Waals surface area contributed by atoms with Crippen LogP contribution in [0.5, 0.6) is 0 Å². The van der Waals surface area contributed by atoms with Gasteiger partial charge in [-0.1, -0.05) is 31.0 Å². The van der Waals surface area contributed by atoms with Crippen molar-refractivity contribution < 1.29 is 19.4 Å². The fourth-order valence-corrected chi connectivity index (χ4v) is 2.98. The third-order valence-corrected chi connectivity index (χ3v) is 4.09. The van der Waals surface area contributed by atoms with Crippen LogP contribution in [0.3, 0.4) is 0 Å². The third kappa shape index (κ3) is 5.62. The summed E-state index contributed by atoms with van der Waals surface area (Å²) in [6.45, 7) is 5.55. The molecule has 1 unspecified atom stereocenters. The van der Waals surface area contributed by atoms with Crippen molar-refractivity contribution in [3.05, 3.63) is 36.0 Å². The molecule has 2 rings (SSSR count). The molecule has 0 saturated heterocycles. The van der Waals surface area contributed by atoms with Crippen molar-refractivity contribution in [3.8, 4) is 0 Å². The number of H-pyrrole nitrogens is 1. The van der Waals surface area contributed by atoms with Gasteiger partial charge in [-0.3, -0.25) is 9.59 Å². The lowest BCUT2D eigenvalue weighted by molar-refractivity contribution is -0.155. The van der Waals surface area contributed by atoms with Crippen LogP contribution in [-0.2, 0) is 14.3 Å². The Balaban J connectivity index is 1.85. The minimum Gasteiger partial charge on any atom is -0.481 e. The van der Waals surface area contributed by atoms with Crippen molar-refractivity contribution in [2.45, 2.75) is 64.4 Å². The summed E-state index contributed by atoms with van der Waals surface area (Å²) in [5.41, 5.74) is 1.32. The molecule has 0 amide bonds. The van der Waals surface area contributed by atoms with Crippen molar-refractivity contribution in [2.24, 2.45) is 0 Å². The number of aliphatic carboxylic acids is 1. The highest BCUT2D eigenvalue weighted by molar-refractivity contribution is 5.89. The highest BCUT2D eigenvalue weighted by Gasteiger charge is 2.22. The van der Waals surface area contributed by atoms with E-state index in [-0.39, 0.29) is 5.97 Å². The maximum Gasteiger partial charge on any atom is 0.311 e. The zero-order valence-corrected chi connectivity index (χ0v) is 15.2. The largest absolute Gasteiger partial charge is 0.481 e. The van der Waals surface area contributed by atoms with Crippen LogP contribution in [-0.4, -0.2) is 27.6 Å². The average Bonchev–Trinajstić information content (AvgIpc) is 2.92. The SMILES string of the molecule is CC(C)(C)OC(=O)CCCCCC(C(=O)O)c1c[nH]c2ccccc12. The van der Waals surface area contributed by atoms with Crippen LogP contribution in [0.4, 0.5) is 0 Å². The summed E-state index contributed by atoms with van der Waals surface area (Å²) in [5.74, 6) is -1.53. The van der Waals surface area contributed by atoms with Crippen LogP contribution in [0.25, 0.3) is 10.9 Å². The fraction of sp³-hybridized carbons (Fsp3) is 0.500. The van der Waals surface area contributed by atoms with Crippen molar-refractivity contribution >= 4 is 22.8 Å². The van der Waals surface area contributed by atoms with Gasteiger partial charge in [0.15, 0.2) is 0 Å². The number of aromatic nitrogens is 1. The Morgan fingerprint density at radius 3 is 2.56 bits per heavy atom. The number of unbranched alkanes of at least 4 members (excludes halogenated alkanes) is 2. The van der Waals surface area contributed by atoms with Crippen molar-refractivity contribution in [1.82, 2.24) is 4.98 Å². The lowest BCUT2D eigenvalue weighted by Crippen LogP contribution is -2.23. The first-order valence-corrected chi connectivity index (χ1v) is 8.78. The van der Waals surface area contributed by atoms with Crippen LogP contribution in [0, 0.1) is 0 Å². The number of rotatable bonds is 8. The van der Waals surface area contributed by atoms with Gasteiger partial charge in [-0.2, -0.15) is 0 Å². The predicted octanol–water partition coefficient (Wildman–Crippen LogP) is 4.63. The molecule has 0 aliphatic heterocycles. The standard InChI is InChI=1S/C20H27NO4/c1-20(2,3)25-18(22)12-6-4-5-10-15(19(23)24)16-13-21-17-11-8-7-9-14(16)17/h7-9,11,13,15,21H,4-6,10,12H2,1-3H3,(H,23,24).